The number of rotatable bonds is 33. The van der Waals surface area contributed by atoms with Gasteiger partial charge in [0.05, 0.1) is 13.1 Å². The van der Waals surface area contributed by atoms with Crippen molar-refractivity contribution in [1.82, 2.24) is 0 Å². The molecule has 0 aromatic heterocycles. The molecule has 0 saturated heterocycles. The third-order valence-electron chi connectivity index (χ3n) is 8.45. The predicted octanol–water partition coefficient (Wildman–Crippen LogP) is 8.93. The van der Waals surface area contributed by atoms with Crippen molar-refractivity contribution < 1.29 is 22.3 Å². The minimum Gasteiger partial charge on any atom is -1.00 e. The molecule has 2 N–H and O–H groups in total. The summed E-state index contributed by atoms with van der Waals surface area (Å²) in [6.45, 7) is 9.75. The van der Waals surface area contributed by atoms with Crippen LogP contribution < -0.4 is 22.3 Å². The monoisotopic (exact) mass is 602 g/mol. The summed E-state index contributed by atoms with van der Waals surface area (Å²) in [6, 6.07) is 0. The van der Waals surface area contributed by atoms with Crippen molar-refractivity contribution >= 4 is 0 Å². The molecule has 38 heavy (non-hydrogen) atoms. The van der Waals surface area contributed by atoms with Gasteiger partial charge in [-0.05, 0) is 31.6 Å². The second-order valence-electron chi connectivity index (χ2n) is 12.9. The van der Waals surface area contributed by atoms with Crippen molar-refractivity contribution in [2.24, 2.45) is 5.92 Å². The molecule has 1 nitrogen and oxygen atoms in total. The Kier molecular flexibility index (Phi) is 40.0. The Morgan fingerprint density at radius 3 is 0.842 bits per heavy atom. The third kappa shape index (κ3) is 38.6. The van der Waals surface area contributed by atoms with Crippen LogP contribution in [-0.2, 0) is 0 Å². The minimum atomic E-state index is 0. The van der Waals surface area contributed by atoms with Gasteiger partial charge in [0.2, 0.25) is 0 Å². The lowest BCUT2D eigenvalue weighted by Crippen LogP contribution is -3.00. The van der Waals surface area contributed by atoms with Crippen LogP contribution in [0.1, 0.15) is 213 Å². The summed E-state index contributed by atoms with van der Waals surface area (Å²) in [5.41, 5.74) is 0. The minimum absolute atomic E-state index is 0. The van der Waals surface area contributed by atoms with Gasteiger partial charge in [0, 0.05) is 0 Å². The fourth-order valence-corrected chi connectivity index (χ4v) is 5.77. The van der Waals surface area contributed by atoms with E-state index in [0.717, 1.165) is 5.92 Å². The maximum atomic E-state index is 2.59. The number of nitrogens with two attached hydrogens (primary N) is 1. The van der Waals surface area contributed by atoms with Gasteiger partial charge in [0.15, 0.2) is 0 Å². The molecule has 0 radical (unpaired) electrons. The Morgan fingerprint density at radius 2 is 0.579 bits per heavy atom. The highest BCUT2D eigenvalue weighted by molar-refractivity contribution is 4.52. The van der Waals surface area contributed by atoms with E-state index in [-0.39, 0.29) is 17.0 Å². The Labute approximate surface area is 254 Å². The molecule has 0 saturated carbocycles. The molecule has 0 fully saturated rings. The van der Waals surface area contributed by atoms with Gasteiger partial charge in [-0.3, -0.25) is 0 Å². The highest BCUT2D eigenvalue weighted by Crippen LogP contribution is 2.15. The van der Waals surface area contributed by atoms with Gasteiger partial charge in [0.1, 0.15) is 0 Å². The average molecular weight is 603 g/mol. The number of hydrogen-bond acceptors (Lipinski definition) is 0. The smallest absolute Gasteiger partial charge is 0.0755 e. The Bertz CT molecular complexity index is 384. The Morgan fingerprint density at radius 1 is 0.342 bits per heavy atom. The van der Waals surface area contributed by atoms with E-state index in [2.05, 4.69) is 26.1 Å². The normalized spacial score (nSPS) is 11.4. The van der Waals surface area contributed by atoms with Gasteiger partial charge in [-0.1, -0.05) is 188 Å². The van der Waals surface area contributed by atoms with Gasteiger partial charge in [-0.2, -0.15) is 0 Å². The molecule has 0 heterocycles. The molecule has 0 aromatic rings. The molecule has 0 unspecified atom stereocenters. The summed E-state index contributed by atoms with van der Waals surface area (Å²) in [6.07, 6.45) is 44.1. The molecule has 232 valence electrons. The number of hydrogen-bond donors (Lipinski definition) is 1. The van der Waals surface area contributed by atoms with Crippen LogP contribution in [0.2, 0.25) is 0 Å². The summed E-state index contributed by atoms with van der Waals surface area (Å²) >= 11 is 0. The molecule has 0 amide bonds. The number of halogens is 1. The van der Waals surface area contributed by atoms with Gasteiger partial charge >= 0.3 is 0 Å². The summed E-state index contributed by atoms with van der Waals surface area (Å²) in [5.74, 6) is 0.895. The molecule has 0 rings (SSSR count). The van der Waals surface area contributed by atoms with Crippen molar-refractivity contribution in [3.63, 3.8) is 0 Å². The van der Waals surface area contributed by atoms with Crippen molar-refractivity contribution in [1.29, 1.82) is 0 Å². The van der Waals surface area contributed by atoms with Gasteiger partial charge in [-0.25, -0.2) is 0 Å². The van der Waals surface area contributed by atoms with Crippen LogP contribution in [-0.4, -0.2) is 13.1 Å². The summed E-state index contributed by atoms with van der Waals surface area (Å²) in [7, 11) is 0. The molecule has 0 aliphatic rings. The van der Waals surface area contributed by atoms with Crippen molar-refractivity contribution in [2.75, 3.05) is 13.1 Å². The molecule has 0 aromatic carbocycles. The van der Waals surface area contributed by atoms with Crippen molar-refractivity contribution in [3.05, 3.63) is 0 Å². The van der Waals surface area contributed by atoms with Crippen LogP contribution in [0, 0.1) is 5.92 Å². The van der Waals surface area contributed by atoms with E-state index in [0.29, 0.717) is 0 Å². The molecule has 0 spiro atoms. The van der Waals surface area contributed by atoms with E-state index in [4.69, 9.17) is 0 Å². The van der Waals surface area contributed by atoms with E-state index >= 15 is 0 Å². The number of quaternary nitrogens is 1. The topological polar surface area (TPSA) is 16.6 Å². The van der Waals surface area contributed by atoms with Crippen LogP contribution in [0.3, 0.4) is 0 Å². The molecule has 0 aliphatic carbocycles. The van der Waals surface area contributed by atoms with Crippen LogP contribution in [0.25, 0.3) is 0 Å². The first-order valence-corrected chi connectivity index (χ1v) is 18.1. The largest absolute Gasteiger partial charge is 1.00 e. The lowest BCUT2D eigenvalue weighted by atomic mass is 10.0. The zero-order valence-electron chi connectivity index (χ0n) is 27.2. The first-order chi connectivity index (χ1) is 18.3. The molecule has 0 bridgehead atoms. The quantitative estimate of drug-likeness (QED) is 0.0723. The van der Waals surface area contributed by atoms with E-state index in [1.54, 1.807) is 0 Å². The van der Waals surface area contributed by atoms with Gasteiger partial charge in [-0.15, -0.1) is 0 Å². The van der Waals surface area contributed by atoms with E-state index in [1.807, 2.05) is 0 Å². The summed E-state index contributed by atoms with van der Waals surface area (Å²) < 4.78 is 0. The fourth-order valence-electron chi connectivity index (χ4n) is 5.77. The van der Waals surface area contributed by atoms with Gasteiger partial charge in [0.25, 0.3) is 0 Å². The standard InChI is InChI=1S/C36H75N.BrH/c1-4-5-6-7-8-9-10-11-16-19-22-25-28-31-34-37-35-32-29-26-23-20-17-14-12-13-15-18-21-24-27-30-33-36(2)3;/h36-37H,4-35H2,1-3H3;1H. The molecular formula is C36H76BrN. The lowest BCUT2D eigenvalue weighted by Gasteiger charge is -2.05. The summed E-state index contributed by atoms with van der Waals surface area (Å²) in [5, 5.41) is 2.59. The average Bonchev–Trinajstić information content (AvgIpc) is 2.89. The van der Waals surface area contributed by atoms with Crippen LogP contribution in [0.4, 0.5) is 0 Å². The fraction of sp³-hybridized carbons (Fsp3) is 1.00. The van der Waals surface area contributed by atoms with Crippen molar-refractivity contribution in [2.45, 2.75) is 213 Å². The summed E-state index contributed by atoms with van der Waals surface area (Å²) in [4.78, 5) is 0. The van der Waals surface area contributed by atoms with E-state index < -0.39 is 0 Å². The molecule has 2 heteroatoms. The highest BCUT2D eigenvalue weighted by atomic mass is 79.9. The van der Waals surface area contributed by atoms with E-state index in [1.165, 1.54) is 206 Å². The Hall–Kier alpha value is 0.440. The van der Waals surface area contributed by atoms with Crippen LogP contribution >= 0.6 is 0 Å². The highest BCUT2D eigenvalue weighted by Gasteiger charge is 1.98. The SMILES string of the molecule is CCCCCCCCCCCCCCCC[NH2+]CCCCCCCCCCCCCCCCCC(C)C.[Br-]. The molecule has 0 atom stereocenters. The van der Waals surface area contributed by atoms with Crippen molar-refractivity contribution in [3.8, 4) is 0 Å². The van der Waals surface area contributed by atoms with E-state index in [9.17, 15) is 0 Å². The zero-order valence-corrected chi connectivity index (χ0v) is 28.7. The second-order valence-corrected chi connectivity index (χ2v) is 12.9. The maximum absolute atomic E-state index is 2.59. The van der Waals surface area contributed by atoms with Crippen LogP contribution in [0.5, 0.6) is 0 Å². The second kappa shape index (κ2) is 37.4. The molecule has 0 aliphatic heterocycles. The maximum Gasteiger partial charge on any atom is 0.0755 e. The molecular weight excluding hydrogens is 526 g/mol. The Balaban J connectivity index is 0. The predicted molar refractivity (Wildman–Crippen MR) is 171 cm³/mol. The van der Waals surface area contributed by atoms with Crippen LogP contribution in [0.15, 0.2) is 0 Å². The third-order valence-corrected chi connectivity index (χ3v) is 8.45. The first-order valence-electron chi connectivity index (χ1n) is 18.1. The first kappa shape index (κ1) is 40.6. The van der Waals surface area contributed by atoms with Gasteiger partial charge < -0.3 is 22.3 Å². The zero-order chi connectivity index (χ0) is 26.9. The lowest BCUT2D eigenvalue weighted by molar-refractivity contribution is -0.655. The number of unbranched alkanes of at least 4 members (excludes halogenated alkanes) is 27.